The number of hydrogen-bond acceptors (Lipinski definition) is 5. The molecule has 1 aliphatic rings. The largest absolute Gasteiger partial charge is 0.373 e. The average Bonchev–Trinajstić information content (AvgIpc) is 3.05. The molecule has 3 heterocycles. The summed E-state index contributed by atoms with van der Waals surface area (Å²) in [4.78, 5) is 30.6. The maximum Gasteiger partial charge on any atom is 0.261 e. The van der Waals surface area contributed by atoms with Crippen molar-refractivity contribution in [2.45, 2.75) is 39.1 Å². The fourth-order valence-corrected chi connectivity index (χ4v) is 3.76. The first-order valence-electron chi connectivity index (χ1n) is 8.42. The summed E-state index contributed by atoms with van der Waals surface area (Å²) in [6.07, 6.45) is 0.357. The van der Waals surface area contributed by atoms with Crippen LogP contribution in [0.25, 0.3) is 0 Å². The number of amides is 1. The van der Waals surface area contributed by atoms with E-state index < -0.39 is 0 Å². The van der Waals surface area contributed by atoms with Crippen molar-refractivity contribution in [3.63, 3.8) is 0 Å². The number of aromatic nitrogens is 1. The summed E-state index contributed by atoms with van der Waals surface area (Å²) in [5, 5.41) is 4.73. The summed E-state index contributed by atoms with van der Waals surface area (Å²) in [7, 11) is 0. The minimum atomic E-state index is -0.352. The lowest BCUT2D eigenvalue weighted by Gasteiger charge is -2.35. The summed E-state index contributed by atoms with van der Waals surface area (Å²) in [6, 6.07) is 7.29. The van der Waals surface area contributed by atoms with Crippen LogP contribution < -0.4 is 10.9 Å². The zero-order valence-corrected chi connectivity index (χ0v) is 15.3. The summed E-state index contributed by atoms with van der Waals surface area (Å²) in [5.74, 6) is -0.352. The van der Waals surface area contributed by atoms with E-state index in [1.165, 1.54) is 0 Å². The molecule has 2 aromatic rings. The van der Waals surface area contributed by atoms with Crippen molar-refractivity contribution in [2.75, 3.05) is 13.1 Å². The SMILES string of the molecule is C[C@@H]1CN(Cc2ccc(C(=O)NCc3cccs3)c(=O)[nH]2)C[C@H](C)O1. The van der Waals surface area contributed by atoms with Gasteiger partial charge in [0.15, 0.2) is 0 Å². The van der Waals surface area contributed by atoms with Gasteiger partial charge in [-0.1, -0.05) is 6.07 Å². The second-order valence-corrected chi connectivity index (χ2v) is 7.47. The van der Waals surface area contributed by atoms with Gasteiger partial charge in [0.05, 0.1) is 18.8 Å². The first-order chi connectivity index (χ1) is 12.0. The third-order valence-electron chi connectivity index (χ3n) is 4.11. The van der Waals surface area contributed by atoms with Gasteiger partial charge in [0.25, 0.3) is 11.5 Å². The minimum absolute atomic E-state index is 0.143. The zero-order valence-electron chi connectivity index (χ0n) is 14.5. The van der Waals surface area contributed by atoms with Gasteiger partial charge in [0.2, 0.25) is 0 Å². The molecule has 0 bridgehead atoms. The van der Waals surface area contributed by atoms with E-state index in [9.17, 15) is 9.59 Å². The van der Waals surface area contributed by atoms with E-state index >= 15 is 0 Å². The summed E-state index contributed by atoms with van der Waals surface area (Å²) >= 11 is 1.57. The van der Waals surface area contributed by atoms with Crippen LogP contribution >= 0.6 is 11.3 Å². The number of carbonyl (C=O) groups excluding carboxylic acids is 1. The molecule has 1 aliphatic heterocycles. The topological polar surface area (TPSA) is 74.4 Å². The van der Waals surface area contributed by atoms with E-state index in [1.807, 2.05) is 37.4 Å². The van der Waals surface area contributed by atoms with Crippen molar-refractivity contribution in [1.82, 2.24) is 15.2 Å². The molecule has 134 valence electrons. The Labute approximate surface area is 150 Å². The predicted octanol–water partition coefficient (Wildman–Crippen LogP) is 1.98. The lowest BCUT2D eigenvalue weighted by molar-refractivity contribution is -0.0707. The Morgan fingerprint density at radius 1 is 1.32 bits per heavy atom. The van der Waals surface area contributed by atoms with Crippen molar-refractivity contribution in [2.24, 2.45) is 0 Å². The smallest absolute Gasteiger partial charge is 0.261 e. The van der Waals surface area contributed by atoms with Crippen LogP contribution in [0.2, 0.25) is 0 Å². The molecule has 0 aromatic carbocycles. The van der Waals surface area contributed by atoms with Crippen LogP contribution in [0.1, 0.15) is 34.8 Å². The normalized spacial score (nSPS) is 21.2. The fourth-order valence-electron chi connectivity index (χ4n) is 3.12. The van der Waals surface area contributed by atoms with E-state index in [0.717, 1.165) is 23.7 Å². The van der Waals surface area contributed by atoms with Gasteiger partial charge in [0.1, 0.15) is 5.56 Å². The van der Waals surface area contributed by atoms with Crippen LogP contribution in [0.3, 0.4) is 0 Å². The number of morpholine rings is 1. The van der Waals surface area contributed by atoms with E-state index in [4.69, 9.17) is 4.74 Å². The van der Waals surface area contributed by atoms with Gasteiger partial charge in [-0.3, -0.25) is 14.5 Å². The molecule has 2 atom stereocenters. The molecule has 1 saturated heterocycles. The highest BCUT2D eigenvalue weighted by molar-refractivity contribution is 7.09. The Balaban J connectivity index is 1.62. The monoisotopic (exact) mass is 361 g/mol. The second-order valence-electron chi connectivity index (χ2n) is 6.44. The molecule has 7 heteroatoms. The number of nitrogens with one attached hydrogen (secondary N) is 2. The number of rotatable bonds is 5. The fraction of sp³-hybridized carbons (Fsp3) is 0.444. The zero-order chi connectivity index (χ0) is 17.8. The Bertz CT molecular complexity index is 762. The lowest BCUT2D eigenvalue weighted by atomic mass is 10.2. The molecule has 2 N–H and O–H groups in total. The lowest BCUT2D eigenvalue weighted by Crippen LogP contribution is -2.45. The summed E-state index contributed by atoms with van der Waals surface area (Å²) in [6.45, 7) is 6.83. The van der Waals surface area contributed by atoms with Crippen molar-refractivity contribution in [1.29, 1.82) is 0 Å². The van der Waals surface area contributed by atoms with Gasteiger partial charge in [-0.25, -0.2) is 0 Å². The minimum Gasteiger partial charge on any atom is -0.373 e. The second kappa shape index (κ2) is 7.95. The van der Waals surface area contributed by atoms with E-state index in [0.29, 0.717) is 13.1 Å². The van der Waals surface area contributed by atoms with Gasteiger partial charge in [0, 0.05) is 30.2 Å². The number of hydrogen-bond donors (Lipinski definition) is 2. The third kappa shape index (κ3) is 4.78. The molecule has 3 rings (SSSR count). The highest BCUT2D eigenvalue weighted by atomic mass is 32.1. The quantitative estimate of drug-likeness (QED) is 0.854. The molecule has 0 unspecified atom stereocenters. The van der Waals surface area contributed by atoms with Crippen LogP contribution in [-0.4, -0.2) is 41.1 Å². The molecule has 1 amide bonds. The molecular formula is C18H23N3O3S. The van der Waals surface area contributed by atoms with Gasteiger partial charge in [-0.2, -0.15) is 0 Å². The standard InChI is InChI=1S/C18H23N3O3S/c1-12-9-21(10-13(2)24-12)11-14-5-6-16(18(23)20-14)17(22)19-8-15-4-3-7-25-15/h3-7,12-13H,8-11H2,1-2H3,(H,19,22)(H,20,23)/t12-,13+. The molecule has 0 saturated carbocycles. The van der Waals surface area contributed by atoms with Crippen LogP contribution in [-0.2, 0) is 17.8 Å². The molecule has 0 radical (unpaired) electrons. The molecule has 25 heavy (non-hydrogen) atoms. The first-order valence-corrected chi connectivity index (χ1v) is 9.30. The highest BCUT2D eigenvalue weighted by Crippen LogP contribution is 2.13. The van der Waals surface area contributed by atoms with Crippen molar-refractivity contribution < 1.29 is 9.53 Å². The summed E-state index contributed by atoms with van der Waals surface area (Å²) < 4.78 is 5.72. The number of ether oxygens (including phenoxy) is 1. The summed E-state index contributed by atoms with van der Waals surface area (Å²) in [5.41, 5.74) is 0.598. The van der Waals surface area contributed by atoms with Crippen LogP contribution in [0.15, 0.2) is 34.4 Å². The van der Waals surface area contributed by atoms with Crippen molar-refractivity contribution >= 4 is 17.2 Å². The number of thiophene rings is 1. The Morgan fingerprint density at radius 3 is 2.72 bits per heavy atom. The highest BCUT2D eigenvalue weighted by Gasteiger charge is 2.22. The van der Waals surface area contributed by atoms with Gasteiger partial charge in [-0.15, -0.1) is 11.3 Å². The molecule has 0 aliphatic carbocycles. The van der Waals surface area contributed by atoms with Crippen LogP contribution in [0.4, 0.5) is 0 Å². The van der Waals surface area contributed by atoms with Crippen LogP contribution in [0, 0.1) is 0 Å². The Hall–Kier alpha value is -1.96. The van der Waals surface area contributed by atoms with E-state index in [2.05, 4.69) is 15.2 Å². The number of carbonyl (C=O) groups is 1. The number of pyridine rings is 1. The molecule has 6 nitrogen and oxygen atoms in total. The third-order valence-corrected chi connectivity index (χ3v) is 4.98. The average molecular weight is 361 g/mol. The van der Waals surface area contributed by atoms with Gasteiger partial charge >= 0.3 is 0 Å². The van der Waals surface area contributed by atoms with Crippen molar-refractivity contribution in [3.8, 4) is 0 Å². The van der Waals surface area contributed by atoms with Crippen LogP contribution in [0.5, 0.6) is 0 Å². The van der Waals surface area contributed by atoms with E-state index in [-0.39, 0.29) is 29.2 Å². The maximum absolute atomic E-state index is 12.3. The predicted molar refractivity (Wildman–Crippen MR) is 97.8 cm³/mol. The first kappa shape index (κ1) is 17.8. The number of nitrogens with zero attached hydrogens (tertiary/aromatic N) is 1. The number of aromatic amines is 1. The number of H-pyrrole nitrogens is 1. The molecular weight excluding hydrogens is 338 g/mol. The van der Waals surface area contributed by atoms with Crippen molar-refractivity contribution in [3.05, 3.63) is 56.1 Å². The molecule has 1 fully saturated rings. The van der Waals surface area contributed by atoms with Gasteiger partial charge in [-0.05, 0) is 37.4 Å². The van der Waals surface area contributed by atoms with E-state index in [1.54, 1.807) is 17.4 Å². The molecule has 0 spiro atoms. The molecule has 2 aromatic heterocycles. The van der Waals surface area contributed by atoms with Gasteiger partial charge < -0.3 is 15.0 Å². The Kier molecular flexibility index (Phi) is 5.67. The Morgan fingerprint density at radius 2 is 2.08 bits per heavy atom. The maximum atomic E-state index is 12.3.